The van der Waals surface area contributed by atoms with Crippen LogP contribution in [-0.2, 0) is 6.54 Å². The molecule has 0 unspecified atom stereocenters. The van der Waals surface area contributed by atoms with Gasteiger partial charge in [0.25, 0.3) is 0 Å². The van der Waals surface area contributed by atoms with Gasteiger partial charge in [0, 0.05) is 29.9 Å². The second-order valence-corrected chi connectivity index (χ2v) is 8.48. The van der Waals surface area contributed by atoms with Crippen LogP contribution in [-0.4, -0.2) is 33.6 Å². The first-order valence-electron chi connectivity index (χ1n) is 11.3. The Morgan fingerprint density at radius 3 is 2.51 bits per heavy atom. The van der Waals surface area contributed by atoms with Gasteiger partial charge in [0.1, 0.15) is 17.5 Å². The van der Waals surface area contributed by atoms with Crippen LogP contribution in [0, 0.1) is 18.3 Å². The number of rotatable bonds is 10. The van der Waals surface area contributed by atoms with E-state index in [4.69, 9.17) is 11.6 Å². The van der Waals surface area contributed by atoms with Gasteiger partial charge in [0.2, 0.25) is 5.78 Å². The van der Waals surface area contributed by atoms with Crippen LogP contribution in [0.4, 0.5) is 5.82 Å². The van der Waals surface area contributed by atoms with Crippen molar-refractivity contribution >= 4 is 23.2 Å². The Hall–Kier alpha value is -3.99. The maximum Gasteiger partial charge on any atom is 0.214 e. The largest absolute Gasteiger partial charge is 0.369 e. The fourth-order valence-corrected chi connectivity index (χ4v) is 3.72. The molecule has 0 saturated carbocycles. The minimum absolute atomic E-state index is 0.113. The second-order valence-electron chi connectivity index (χ2n) is 8.05. The molecule has 2 aromatic carbocycles. The van der Waals surface area contributed by atoms with Gasteiger partial charge in [-0.05, 0) is 56.3 Å². The van der Waals surface area contributed by atoms with Crippen molar-refractivity contribution in [2.45, 2.75) is 19.9 Å². The zero-order valence-corrected chi connectivity index (χ0v) is 20.1. The summed E-state index contributed by atoms with van der Waals surface area (Å²) in [5, 5.41) is 21.8. The second kappa shape index (κ2) is 11.4. The smallest absolute Gasteiger partial charge is 0.214 e. The van der Waals surface area contributed by atoms with Crippen molar-refractivity contribution in [3.05, 3.63) is 106 Å². The Morgan fingerprint density at radius 1 is 1.06 bits per heavy atom. The van der Waals surface area contributed by atoms with E-state index < -0.39 is 0 Å². The van der Waals surface area contributed by atoms with Gasteiger partial charge in [-0.25, -0.2) is 4.68 Å². The fraction of sp³-hybridized carbons (Fsp3) is 0.185. The van der Waals surface area contributed by atoms with Gasteiger partial charge in [-0.3, -0.25) is 9.78 Å². The molecule has 0 fully saturated rings. The molecule has 0 aliphatic heterocycles. The summed E-state index contributed by atoms with van der Waals surface area (Å²) < 4.78 is 1.59. The Morgan fingerprint density at radius 2 is 1.83 bits per heavy atom. The highest BCUT2D eigenvalue weighted by atomic mass is 35.5. The average molecular weight is 485 g/mol. The van der Waals surface area contributed by atoms with E-state index in [-0.39, 0.29) is 17.0 Å². The summed E-state index contributed by atoms with van der Waals surface area (Å²) in [6.45, 7) is 3.98. The highest BCUT2D eigenvalue weighted by Gasteiger charge is 2.25. The lowest BCUT2D eigenvalue weighted by molar-refractivity contribution is 0.103. The Labute approximate surface area is 209 Å². The summed E-state index contributed by atoms with van der Waals surface area (Å²) in [6, 6.07) is 22.3. The number of pyridine rings is 1. The number of hydrogen-bond acceptors (Lipinski definition) is 6. The third kappa shape index (κ3) is 5.93. The van der Waals surface area contributed by atoms with E-state index in [0.29, 0.717) is 35.2 Å². The Balaban J connectivity index is 1.54. The quantitative estimate of drug-likeness (QED) is 0.245. The van der Waals surface area contributed by atoms with Crippen LogP contribution in [0.1, 0.15) is 39.3 Å². The van der Waals surface area contributed by atoms with Gasteiger partial charge < -0.3 is 10.6 Å². The number of benzene rings is 2. The molecule has 2 N–H and O–H groups in total. The first kappa shape index (κ1) is 24.1. The number of anilines is 1. The topological polar surface area (TPSA) is 95.6 Å². The molecule has 4 aromatic rings. The molecule has 0 atom stereocenters. The average Bonchev–Trinajstić information content (AvgIpc) is 3.25. The number of carbonyl (C=O) groups excluding carboxylic acids is 1. The molecule has 0 saturated heterocycles. The predicted molar refractivity (Wildman–Crippen MR) is 137 cm³/mol. The number of carbonyl (C=O) groups is 1. The molecule has 0 amide bonds. The van der Waals surface area contributed by atoms with E-state index in [1.54, 1.807) is 47.3 Å². The summed E-state index contributed by atoms with van der Waals surface area (Å²) in [5.41, 5.74) is 3.54. The number of ketones is 1. The van der Waals surface area contributed by atoms with Crippen LogP contribution in [0.25, 0.3) is 5.69 Å². The Bertz CT molecular complexity index is 1330. The zero-order chi connectivity index (χ0) is 24.6. The first-order chi connectivity index (χ1) is 17.1. The number of nitrogens with zero attached hydrogens (tertiary/aromatic N) is 4. The maximum atomic E-state index is 13.2. The third-order valence-electron chi connectivity index (χ3n) is 5.45. The molecule has 2 heterocycles. The van der Waals surface area contributed by atoms with Gasteiger partial charge in [-0.1, -0.05) is 47.5 Å². The summed E-state index contributed by atoms with van der Waals surface area (Å²) in [4.78, 5) is 17.5. The molecule has 0 aliphatic rings. The van der Waals surface area contributed by atoms with E-state index in [0.717, 1.165) is 24.2 Å². The molecule has 2 aromatic heterocycles. The van der Waals surface area contributed by atoms with E-state index in [2.05, 4.69) is 26.8 Å². The molecule has 0 bridgehead atoms. The monoisotopic (exact) mass is 484 g/mol. The van der Waals surface area contributed by atoms with Gasteiger partial charge in [0.05, 0.1) is 11.4 Å². The normalized spacial score (nSPS) is 10.7. The molecule has 176 valence electrons. The van der Waals surface area contributed by atoms with Crippen molar-refractivity contribution in [3.8, 4) is 11.8 Å². The summed E-state index contributed by atoms with van der Waals surface area (Å²) in [5.74, 6) is 0.185. The van der Waals surface area contributed by atoms with E-state index in [1.165, 1.54) is 0 Å². The van der Waals surface area contributed by atoms with Crippen molar-refractivity contribution in [1.82, 2.24) is 20.1 Å². The SMILES string of the molecule is Cc1ccc(C(=O)c2nn(-c3ccc(Cl)cc3)c(NCCCNCc3ccccn3)c2C#N)cc1. The molecule has 0 aliphatic carbocycles. The van der Waals surface area contributed by atoms with E-state index in [1.807, 2.05) is 37.3 Å². The van der Waals surface area contributed by atoms with Crippen LogP contribution in [0.15, 0.2) is 72.9 Å². The summed E-state index contributed by atoms with van der Waals surface area (Å²) >= 11 is 6.06. The molecule has 8 heteroatoms. The van der Waals surface area contributed by atoms with Crippen molar-refractivity contribution in [1.29, 1.82) is 5.26 Å². The number of nitriles is 1. The highest BCUT2D eigenvalue weighted by Crippen LogP contribution is 2.26. The highest BCUT2D eigenvalue weighted by molar-refractivity contribution is 6.30. The van der Waals surface area contributed by atoms with Crippen LogP contribution in [0.3, 0.4) is 0 Å². The van der Waals surface area contributed by atoms with Crippen molar-refractivity contribution < 1.29 is 4.79 Å². The van der Waals surface area contributed by atoms with Crippen LogP contribution < -0.4 is 10.6 Å². The standard InChI is InChI=1S/C27H25ClN6O/c1-19-6-8-20(9-7-19)26(35)25-24(17-29)27(34(33-25)23-12-10-21(28)11-13-23)32-16-4-14-30-18-22-5-2-3-15-31-22/h2-3,5-13,15,30,32H,4,14,16,18H2,1H3. The minimum Gasteiger partial charge on any atom is -0.369 e. The third-order valence-corrected chi connectivity index (χ3v) is 5.70. The zero-order valence-electron chi connectivity index (χ0n) is 19.3. The molecular formula is C27H25ClN6O. The van der Waals surface area contributed by atoms with Crippen LogP contribution >= 0.6 is 11.6 Å². The molecule has 4 rings (SSSR count). The van der Waals surface area contributed by atoms with Gasteiger partial charge >= 0.3 is 0 Å². The van der Waals surface area contributed by atoms with Crippen LogP contribution in [0.2, 0.25) is 5.02 Å². The predicted octanol–water partition coefficient (Wildman–Crippen LogP) is 4.92. The van der Waals surface area contributed by atoms with Gasteiger partial charge in [-0.15, -0.1) is 0 Å². The number of nitrogens with one attached hydrogen (secondary N) is 2. The lowest BCUT2D eigenvalue weighted by Gasteiger charge is -2.11. The van der Waals surface area contributed by atoms with Crippen molar-refractivity contribution in [3.63, 3.8) is 0 Å². The lowest BCUT2D eigenvalue weighted by atomic mass is 10.0. The molecule has 0 radical (unpaired) electrons. The number of halogens is 1. The molecule has 35 heavy (non-hydrogen) atoms. The summed E-state index contributed by atoms with van der Waals surface area (Å²) in [7, 11) is 0. The fourth-order valence-electron chi connectivity index (χ4n) is 3.60. The van der Waals surface area contributed by atoms with Gasteiger partial charge in [-0.2, -0.15) is 10.4 Å². The number of aryl methyl sites for hydroxylation is 1. The molecule has 0 spiro atoms. The Kier molecular flexibility index (Phi) is 7.88. The number of aromatic nitrogens is 3. The maximum absolute atomic E-state index is 13.2. The summed E-state index contributed by atoms with van der Waals surface area (Å²) in [6.07, 6.45) is 2.57. The van der Waals surface area contributed by atoms with E-state index in [9.17, 15) is 10.1 Å². The lowest BCUT2D eigenvalue weighted by Crippen LogP contribution is -2.19. The minimum atomic E-state index is -0.297. The van der Waals surface area contributed by atoms with E-state index >= 15 is 0 Å². The van der Waals surface area contributed by atoms with Crippen molar-refractivity contribution in [2.75, 3.05) is 18.4 Å². The van der Waals surface area contributed by atoms with Crippen molar-refractivity contribution in [2.24, 2.45) is 0 Å². The van der Waals surface area contributed by atoms with Crippen LogP contribution in [0.5, 0.6) is 0 Å². The first-order valence-corrected chi connectivity index (χ1v) is 11.7. The molecular weight excluding hydrogens is 460 g/mol. The van der Waals surface area contributed by atoms with Gasteiger partial charge in [0.15, 0.2) is 5.69 Å². The molecule has 7 nitrogen and oxygen atoms in total. The number of hydrogen-bond donors (Lipinski definition) is 2.